The van der Waals surface area contributed by atoms with Crippen molar-refractivity contribution < 1.29 is 19.1 Å². The number of nitrogens with two attached hydrogens (primary N) is 1. The average Bonchev–Trinajstić information content (AvgIpc) is 3.39. The van der Waals surface area contributed by atoms with Crippen molar-refractivity contribution >= 4 is 34.7 Å². The number of nitrogens with one attached hydrogen (secondary N) is 1. The first-order valence-electron chi connectivity index (χ1n) is 15.1. The molecule has 0 spiro atoms. The van der Waals surface area contributed by atoms with Crippen LogP contribution in [0.4, 0.5) is 11.4 Å². The zero-order valence-corrected chi connectivity index (χ0v) is 25.1. The Kier molecular flexibility index (Phi) is 7.97. The van der Waals surface area contributed by atoms with Gasteiger partial charge in [-0.1, -0.05) is 43.7 Å². The van der Waals surface area contributed by atoms with Gasteiger partial charge in [0.25, 0.3) is 0 Å². The molecule has 43 heavy (non-hydrogen) atoms. The maximum atomic E-state index is 13.2. The molecule has 0 saturated heterocycles. The highest BCUT2D eigenvalue weighted by atomic mass is 16.7. The molecule has 6 rings (SSSR count). The smallest absolute Gasteiger partial charge is 0.327 e. The quantitative estimate of drug-likeness (QED) is 0.199. The van der Waals surface area contributed by atoms with Gasteiger partial charge in [0.05, 0.1) is 0 Å². The van der Waals surface area contributed by atoms with Gasteiger partial charge in [-0.05, 0) is 80.7 Å². The number of nitrogen functional groups attached to an aromatic ring is 1. The molecule has 224 valence electrons. The summed E-state index contributed by atoms with van der Waals surface area (Å²) in [5.41, 5.74) is 14.4. The van der Waals surface area contributed by atoms with Crippen molar-refractivity contribution in [2.75, 3.05) is 17.2 Å². The highest BCUT2D eigenvalue weighted by molar-refractivity contribution is 5.95. The van der Waals surface area contributed by atoms with E-state index in [4.69, 9.17) is 20.2 Å². The van der Waals surface area contributed by atoms with E-state index in [2.05, 4.69) is 24.4 Å². The molecule has 2 unspecified atom stereocenters. The number of aryl methyl sites for hydroxylation is 2. The SMILES string of the molecule is Cc1c(C)n(CC(=O)NC2Oc3ccc(N(C=O)CCC(C)c4ccccc4)cc3O2)c2nc3c(c(N)c12)CCCCC3. The van der Waals surface area contributed by atoms with Crippen molar-refractivity contribution in [3.05, 3.63) is 76.6 Å². The van der Waals surface area contributed by atoms with Crippen molar-refractivity contribution in [2.24, 2.45) is 0 Å². The van der Waals surface area contributed by atoms with Crippen molar-refractivity contribution in [3.63, 3.8) is 0 Å². The monoisotopic (exact) mass is 581 g/mol. The summed E-state index contributed by atoms with van der Waals surface area (Å²) in [5.74, 6) is 1.02. The third kappa shape index (κ3) is 5.63. The highest BCUT2D eigenvalue weighted by Gasteiger charge is 2.28. The molecular weight excluding hydrogens is 542 g/mol. The van der Waals surface area contributed by atoms with E-state index >= 15 is 0 Å². The van der Waals surface area contributed by atoms with E-state index < -0.39 is 6.41 Å². The lowest BCUT2D eigenvalue weighted by Crippen LogP contribution is -2.42. The number of ether oxygens (including phenoxy) is 2. The normalized spacial score (nSPS) is 16.4. The van der Waals surface area contributed by atoms with Crippen LogP contribution in [0.2, 0.25) is 0 Å². The minimum Gasteiger partial charge on any atom is -0.433 e. The lowest BCUT2D eigenvalue weighted by molar-refractivity contribution is -0.127. The molecular formula is C34H39N5O4. The topological polar surface area (TPSA) is 112 Å². The maximum absolute atomic E-state index is 13.2. The first-order valence-corrected chi connectivity index (χ1v) is 15.1. The molecule has 0 radical (unpaired) electrons. The summed E-state index contributed by atoms with van der Waals surface area (Å²) < 4.78 is 13.7. The van der Waals surface area contributed by atoms with Crippen LogP contribution in [0.25, 0.3) is 11.0 Å². The fourth-order valence-corrected chi connectivity index (χ4v) is 6.26. The summed E-state index contributed by atoms with van der Waals surface area (Å²) in [6.07, 6.45) is 5.92. The van der Waals surface area contributed by atoms with E-state index in [-0.39, 0.29) is 12.5 Å². The molecule has 1 aliphatic carbocycles. The van der Waals surface area contributed by atoms with Crippen molar-refractivity contribution in [1.82, 2.24) is 14.9 Å². The number of carbonyl (C=O) groups is 2. The second kappa shape index (κ2) is 12.0. The van der Waals surface area contributed by atoms with Gasteiger partial charge in [0.2, 0.25) is 12.3 Å². The van der Waals surface area contributed by atoms with Gasteiger partial charge < -0.3 is 24.7 Å². The molecule has 9 nitrogen and oxygen atoms in total. The standard InChI is InChI=1S/C34H39N5O4/c1-21(24-10-6-4-7-11-24)16-17-38(20-40)25-14-15-28-29(18-25)43-34(42-28)37-30(41)19-39-23(3)22(2)31-32(35)26-12-8-5-9-13-27(26)36-33(31)39/h4,6-7,10-11,14-15,18,20-21,34H,5,8-9,12-13,16-17,19H2,1-3H3,(H2,35,36)(H,37,41). The predicted octanol–water partition coefficient (Wildman–Crippen LogP) is 5.53. The zero-order valence-electron chi connectivity index (χ0n) is 25.1. The fraction of sp³-hybridized carbons (Fsp3) is 0.382. The van der Waals surface area contributed by atoms with Gasteiger partial charge >= 0.3 is 6.41 Å². The Balaban J connectivity index is 1.12. The maximum Gasteiger partial charge on any atom is 0.327 e. The van der Waals surface area contributed by atoms with Gasteiger partial charge in [-0.25, -0.2) is 4.98 Å². The summed E-state index contributed by atoms with van der Waals surface area (Å²) in [6, 6.07) is 15.6. The summed E-state index contributed by atoms with van der Waals surface area (Å²) in [6.45, 7) is 6.81. The number of nitrogens with zero attached hydrogens (tertiary/aromatic N) is 3. The Morgan fingerprint density at radius 2 is 1.88 bits per heavy atom. The van der Waals surface area contributed by atoms with Crippen LogP contribution < -0.4 is 25.4 Å². The van der Waals surface area contributed by atoms with E-state index in [1.54, 1.807) is 17.0 Å². The summed E-state index contributed by atoms with van der Waals surface area (Å²) in [5, 5.41) is 3.78. The second-order valence-electron chi connectivity index (χ2n) is 11.7. The molecule has 2 aliphatic rings. The van der Waals surface area contributed by atoms with Gasteiger partial charge in [-0.2, -0.15) is 0 Å². The number of hydrogen-bond acceptors (Lipinski definition) is 6. The molecule has 2 atom stereocenters. The number of aromatic nitrogens is 2. The predicted molar refractivity (Wildman–Crippen MR) is 167 cm³/mol. The summed E-state index contributed by atoms with van der Waals surface area (Å²) in [4.78, 5) is 31.9. The van der Waals surface area contributed by atoms with Crippen LogP contribution in [-0.4, -0.2) is 34.8 Å². The fourth-order valence-electron chi connectivity index (χ4n) is 6.26. The Labute approximate surface area is 252 Å². The first kappa shape index (κ1) is 28.6. The molecule has 3 N–H and O–H groups in total. The minimum absolute atomic E-state index is 0.0603. The van der Waals surface area contributed by atoms with E-state index in [1.165, 1.54) is 17.5 Å². The molecule has 0 fully saturated rings. The van der Waals surface area contributed by atoms with Crippen LogP contribution in [-0.2, 0) is 29.0 Å². The number of rotatable bonds is 9. The Morgan fingerprint density at radius 3 is 2.67 bits per heavy atom. The molecule has 4 aromatic rings. The number of anilines is 2. The van der Waals surface area contributed by atoms with Crippen molar-refractivity contribution in [3.8, 4) is 11.5 Å². The molecule has 2 aromatic heterocycles. The highest BCUT2D eigenvalue weighted by Crippen LogP contribution is 2.38. The van der Waals surface area contributed by atoms with E-state index in [0.29, 0.717) is 29.6 Å². The van der Waals surface area contributed by atoms with Crippen LogP contribution in [0.15, 0.2) is 48.5 Å². The third-order valence-corrected chi connectivity index (χ3v) is 8.93. The van der Waals surface area contributed by atoms with Crippen LogP contribution in [0.1, 0.15) is 66.6 Å². The number of hydrogen-bond donors (Lipinski definition) is 2. The number of benzene rings is 2. The van der Waals surface area contributed by atoms with E-state index in [9.17, 15) is 9.59 Å². The zero-order chi connectivity index (χ0) is 30.1. The van der Waals surface area contributed by atoms with Crippen LogP contribution in [0, 0.1) is 13.8 Å². The summed E-state index contributed by atoms with van der Waals surface area (Å²) in [7, 11) is 0. The largest absolute Gasteiger partial charge is 0.433 e. The molecule has 0 saturated carbocycles. The number of carbonyl (C=O) groups excluding carboxylic acids is 2. The Morgan fingerprint density at radius 1 is 1.12 bits per heavy atom. The lowest BCUT2D eigenvalue weighted by atomic mass is 9.98. The number of fused-ring (bicyclic) bond motifs is 3. The third-order valence-electron chi connectivity index (χ3n) is 8.93. The molecule has 3 heterocycles. The van der Waals surface area contributed by atoms with Gasteiger partial charge in [-0.3, -0.25) is 14.9 Å². The van der Waals surface area contributed by atoms with Crippen molar-refractivity contribution in [1.29, 1.82) is 0 Å². The molecule has 9 heteroatoms. The molecule has 2 amide bonds. The van der Waals surface area contributed by atoms with Gasteiger partial charge in [0, 0.05) is 40.8 Å². The van der Waals surface area contributed by atoms with E-state index in [1.807, 2.05) is 42.7 Å². The molecule has 1 aliphatic heterocycles. The van der Waals surface area contributed by atoms with Crippen LogP contribution in [0.5, 0.6) is 11.5 Å². The van der Waals surface area contributed by atoms with E-state index in [0.717, 1.165) is 72.2 Å². The average molecular weight is 582 g/mol. The minimum atomic E-state index is -0.974. The van der Waals surface area contributed by atoms with Crippen molar-refractivity contribution in [2.45, 2.75) is 78.2 Å². The lowest BCUT2D eigenvalue weighted by Gasteiger charge is -2.20. The van der Waals surface area contributed by atoms with Gasteiger partial charge in [0.15, 0.2) is 11.5 Å². The first-order chi connectivity index (χ1) is 20.8. The number of pyridine rings is 1. The Hall–Kier alpha value is -4.53. The van der Waals surface area contributed by atoms with Gasteiger partial charge in [0.1, 0.15) is 12.2 Å². The van der Waals surface area contributed by atoms with Crippen LogP contribution in [0.3, 0.4) is 0 Å². The molecule has 0 bridgehead atoms. The van der Waals surface area contributed by atoms with Crippen LogP contribution >= 0.6 is 0 Å². The van der Waals surface area contributed by atoms with Gasteiger partial charge in [-0.15, -0.1) is 0 Å². The Bertz CT molecular complexity index is 1670. The summed E-state index contributed by atoms with van der Waals surface area (Å²) >= 11 is 0. The number of amides is 2. The second-order valence-corrected chi connectivity index (χ2v) is 11.7. The molecule has 2 aromatic carbocycles.